The summed E-state index contributed by atoms with van der Waals surface area (Å²) in [6, 6.07) is 3.85. The predicted molar refractivity (Wildman–Crippen MR) is 97.4 cm³/mol. The zero-order valence-corrected chi connectivity index (χ0v) is 15.6. The van der Waals surface area contributed by atoms with Gasteiger partial charge < -0.3 is 24.3 Å². The lowest BCUT2D eigenvalue weighted by atomic mass is 10.1. The number of hydrogen-bond donors (Lipinski definition) is 2. The van der Waals surface area contributed by atoms with Gasteiger partial charge in [-0.25, -0.2) is 0 Å². The number of carbonyl (C=O) groups is 2. The highest BCUT2D eigenvalue weighted by Gasteiger charge is 2.23. The number of furan rings is 1. The van der Waals surface area contributed by atoms with E-state index in [0.29, 0.717) is 17.9 Å². The lowest BCUT2D eigenvalue weighted by Crippen LogP contribution is -2.25. The second-order valence-electron chi connectivity index (χ2n) is 6.60. The minimum absolute atomic E-state index is 0.117. The van der Waals surface area contributed by atoms with Crippen LogP contribution >= 0.6 is 0 Å². The molecule has 0 bridgehead atoms. The number of carboxylic acids is 1. The zero-order valence-electron chi connectivity index (χ0n) is 15.6. The molecule has 0 saturated carbocycles. The first kappa shape index (κ1) is 18.8. The van der Waals surface area contributed by atoms with Crippen molar-refractivity contribution in [3.8, 4) is 11.5 Å². The molecule has 1 aliphatic heterocycles. The Labute approximate surface area is 157 Å². The molecule has 2 heterocycles. The van der Waals surface area contributed by atoms with Gasteiger partial charge in [-0.05, 0) is 32.9 Å². The largest absolute Gasteiger partial charge is 0.494 e. The van der Waals surface area contributed by atoms with E-state index in [1.165, 1.54) is 6.26 Å². The van der Waals surface area contributed by atoms with Gasteiger partial charge in [-0.3, -0.25) is 9.59 Å². The molecule has 0 aliphatic carbocycles. The van der Waals surface area contributed by atoms with Crippen LogP contribution in [0.5, 0.6) is 11.5 Å². The van der Waals surface area contributed by atoms with Gasteiger partial charge >= 0.3 is 5.97 Å². The maximum absolute atomic E-state index is 12.6. The first-order valence-corrected chi connectivity index (χ1v) is 8.91. The number of rotatable bonds is 7. The zero-order chi connectivity index (χ0) is 19.6. The number of benzene rings is 1. The summed E-state index contributed by atoms with van der Waals surface area (Å²) in [5.74, 6) is 0.232. The SMILES string of the molecule is CCOc1cc2c(cc1CNC(=O)c1c(C)coc1CC(=O)O)OC(C)C2. The van der Waals surface area contributed by atoms with Crippen molar-refractivity contribution in [2.24, 2.45) is 0 Å². The van der Waals surface area contributed by atoms with Gasteiger partial charge in [-0.2, -0.15) is 0 Å². The van der Waals surface area contributed by atoms with Crippen LogP contribution in [0.1, 0.15) is 46.7 Å². The normalized spacial score (nSPS) is 15.1. The second kappa shape index (κ2) is 7.73. The fraction of sp³-hybridized carbons (Fsp3) is 0.400. The Morgan fingerprint density at radius 3 is 2.85 bits per heavy atom. The number of nitrogens with one attached hydrogen (secondary N) is 1. The summed E-state index contributed by atoms with van der Waals surface area (Å²) in [6.45, 7) is 6.37. The maximum atomic E-state index is 12.6. The van der Waals surface area contributed by atoms with E-state index in [-0.39, 0.29) is 36.3 Å². The van der Waals surface area contributed by atoms with Gasteiger partial charge in [-0.1, -0.05) is 0 Å². The van der Waals surface area contributed by atoms with Crippen LogP contribution in [-0.4, -0.2) is 29.7 Å². The fourth-order valence-corrected chi connectivity index (χ4v) is 3.24. The van der Waals surface area contributed by atoms with Gasteiger partial charge in [0.15, 0.2) is 0 Å². The van der Waals surface area contributed by atoms with Crippen molar-refractivity contribution in [2.45, 2.75) is 46.3 Å². The van der Waals surface area contributed by atoms with Gasteiger partial charge in [0.2, 0.25) is 0 Å². The van der Waals surface area contributed by atoms with Gasteiger partial charge in [-0.15, -0.1) is 0 Å². The minimum Gasteiger partial charge on any atom is -0.494 e. The van der Waals surface area contributed by atoms with E-state index in [4.69, 9.17) is 19.0 Å². The molecule has 27 heavy (non-hydrogen) atoms. The summed E-state index contributed by atoms with van der Waals surface area (Å²) >= 11 is 0. The number of fused-ring (bicyclic) bond motifs is 1. The number of hydrogen-bond acceptors (Lipinski definition) is 5. The average molecular weight is 373 g/mol. The molecule has 2 N–H and O–H groups in total. The number of aliphatic carboxylic acids is 1. The molecule has 2 aromatic rings. The lowest BCUT2D eigenvalue weighted by molar-refractivity contribution is -0.136. The first-order chi connectivity index (χ1) is 12.9. The van der Waals surface area contributed by atoms with Crippen molar-refractivity contribution in [3.05, 3.63) is 46.4 Å². The molecule has 0 saturated heterocycles. The maximum Gasteiger partial charge on any atom is 0.311 e. The summed E-state index contributed by atoms with van der Waals surface area (Å²) in [7, 11) is 0. The Balaban J connectivity index is 1.79. The number of ether oxygens (including phenoxy) is 2. The molecule has 0 radical (unpaired) electrons. The van der Waals surface area contributed by atoms with E-state index in [1.807, 2.05) is 26.0 Å². The number of amides is 1. The van der Waals surface area contributed by atoms with Crippen LogP contribution in [0.3, 0.4) is 0 Å². The Bertz CT molecular complexity index is 870. The van der Waals surface area contributed by atoms with Gasteiger partial charge in [0.25, 0.3) is 5.91 Å². The van der Waals surface area contributed by atoms with Crippen LogP contribution in [-0.2, 0) is 24.2 Å². The Morgan fingerprint density at radius 1 is 1.37 bits per heavy atom. The standard InChI is InChI=1S/C20H23NO6/c1-4-25-15-6-13-5-12(3)27-16(13)7-14(15)9-21-20(24)19-11(2)10-26-17(19)8-18(22)23/h6-7,10,12H,4-5,8-9H2,1-3H3,(H,21,24)(H,22,23). The van der Waals surface area contributed by atoms with Crippen molar-refractivity contribution in [3.63, 3.8) is 0 Å². The summed E-state index contributed by atoms with van der Waals surface area (Å²) in [6.07, 6.45) is 2.00. The van der Waals surface area contributed by atoms with Crippen LogP contribution in [0.4, 0.5) is 0 Å². The summed E-state index contributed by atoms with van der Waals surface area (Å²) in [5, 5.41) is 11.8. The van der Waals surface area contributed by atoms with Crippen molar-refractivity contribution in [2.75, 3.05) is 6.61 Å². The quantitative estimate of drug-likeness (QED) is 0.774. The molecule has 7 heteroatoms. The van der Waals surface area contributed by atoms with E-state index in [9.17, 15) is 9.59 Å². The number of carboxylic acid groups (broad SMARTS) is 1. The average Bonchev–Trinajstić information content (AvgIpc) is 3.13. The summed E-state index contributed by atoms with van der Waals surface area (Å²) in [4.78, 5) is 23.6. The molecule has 1 aliphatic rings. The molecule has 1 amide bonds. The molecule has 144 valence electrons. The molecule has 0 fully saturated rings. The van der Waals surface area contributed by atoms with E-state index in [0.717, 1.165) is 23.3 Å². The first-order valence-electron chi connectivity index (χ1n) is 8.91. The third-order valence-electron chi connectivity index (χ3n) is 4.41. The third kappa shape index (κ3) is 4.07. The topological polar surface area (TPSA) is 98.0 Å². The molecule has 0 spiro atoms. The summed E-state index contributed by atoms with van der Waals surface area (Å²) in [5.41, 5.74) is 2.76. The van der Waals surface area contributed by atoms with E-state index in [1.54, 1.807) is 6.92 Å². The molecule has 1 atom stereocenters. The van der Waals surface area contributed by atoms with Crippen LogP contribution in [0.15, 0.2) is 22.8 Å². The molecule has 1 aromatic heterocycles. The second-order valence-corrected chi connectivity index (χ2v) is 6.60. The minimum atomic E-state index is -1.05. The van der Waals surface area contributed by atoms with Crippen molar-refractivity contribution in [1.82, 2.24) is 5.32 Å². The van der Waals surface area contributed by atoms with Crippen molar-refractivity contribution >= 4 is 11.9 Å². The smallest absolute Gasteiger partial charge is 0.311 e. The van der Waals surface area contributed by atoms with Gasteiger partial charge in [0.05, 0.1) is 18.4 Å². The number of aryl methyl sites for hydroxylation is 1. The third-order valence-corrected chi connectivity index (χ3v) is 4.41. The van der Waals surface area contributed by atoms with Crippen molar-refractivity contribution < 1.29 is 28.6 Å². The lowest BCUT2D eigenvalue weighted by Gasteiger charge is -2.13. The summed E-state index contributed by atoms with van der Waals surface area (Å²) < 4.78 is 16.7. The Hall–Kier alpha value is -2.96. The van der Waals surface area contributed by atoms with E-state index in [2.05, 4.69) is 5.32 Å². The van der Waals surface area contributed by atoms with Crippen LogP contribution in [0.25, 0.3) is 0 Å². The molecule has 1 unspecified atom stereocenters. The van der Waals surface area contributed by atoms with Crippen LogP contribution in [0.2, 0.25) is 0 Å². The molecule has 3 rings (SSSR count). The molecule has 1 aromatic carbocycles. The van der Waals surface area contributed by atoms with Gasteiger partial charge in [0.1, 0.15) is 29.8 Å². The highest BCUT2D eigenvalue weighted by Crippen LogP contribution is 2.35. The molecular weight excluding hydrogens is 350 g/mol. The highest BCUT2D eigenvalue weighted by atomic mass is 16.5. The fourth-order valence-electron chi connectivity index (χ4n) is 3.24. The highest BCUT2D eigenvalue weighted by molar-refractivity contribution is 5.97. The van der Waals surface area contributed by atoms with E-state index < -0.39 is 5.97 Å². The van der Waals surface area contributed by atoms with Crippen LogP contribution < -0.4 is 14.8 Å². The van der Waals surface area contributed by atoms with E-state index >= 15 is 0 Å². The Morgan fingerprint density at radius 2 is 2.15 bits per heavy atom. The van der Waals surface area contributed by atoms with Crippen molar-refractivity contribution in [1.29, 1.82) is 0 Å². The number of carbonyl (C=O) groups excluding carboxylic acids is 1. The van der Waals surface area contributed by atoms with Gasteiger partial charge in [0, 0.05) is 29.7 Å². The Kier molecular flexibility index (Phi) is 5.39. The molecular formula is C20H23NO6. The predicted octanol–water partition coefficient (Wildman–Crippen LogP) is 2.87. The monoisotopic (exact) mass is 373 g/mol. The molecule has 7 nitrogen and oxygen atoms in total. The van der Waals surface area contributed by atoms with Crippen LogP contribution in [0, 0.1) is 6.92 Å².